The highest BCUT2D eigenvalue weighted by Gasteiger charge is 2.37. The van der Waals surface area contributed by atoms with Gasteiger partial charge in [-0.05, 0) is 23.9 Å². The molecule has 3 atom stereocenters. The van der Waals surface area contributed by atoms with Crippen LogP contribution in [0.2, 0.25) is 0 Å². The van der Waals surface area contributed by atoms with Crippen molar-refractivity contribution in [1.29, 1.82) is 0 Å². The maximum absolute atomic E-state index is 12.3. The van der Waals surface area contributed by atoms with Gasteiger partial charge >= 0.3 is 0 Å². The van der Waals surface area contributed by atoms with Crippen LogP contribution in [0.5, 0.6) is 0 Å². The first kappa shape index (κ1) is 19.4. The number of aryl methyl sites for hydroxylation is 1. The van der Waals surface area contributed by atoms with Crippen LogP contribution >= 0.6 is 22.9 Å². The van der Waals surface area contributed by atoms with Crippen LogP contribution in [0.1, 0.15) is 22.0 Å². The second-order valence-corrected chi connectivity index (χ2v) is 10.2. The largest absolute Gasteiger partial charge is 0.350 e. The predicted molar refractivity (Wildman–Crippen MR) is 106 cm³/mol. The fourth-order valence-corrected chi connectivity index (χ4v) is 6.36. The molecule has 0 radical (unpaired) electrons. The highest BCUT2D eigenvalue weighted by Crippen LogP contribution is 2.26. The second-order valence-electron chi connectivity index (χ2n) is 6.51. The highest BCUT2D eigenvalue weighted by atomic mass is 35.5. The number of nitrogens with one attached hydrogen (secondary N) is 2. The van der Waals surface area contributed by atoms with Crippen LogP contribution < -0.4 is 10.6 Å². The number of benzene rings is 1. The van der Waals surface area contributed by atoms with E-state index in [-0.39, 0.29) is 30.0 Å². The monoisotopic (exact) mass is 412 g/mol. The Morgan fingerprint density at radius 3 is 2.58 bits per heavy atom. The van der Waals surface area contributed by atoms with Crippen LogP contribution in [-0.4, -0.2) is 43.8 Å². The summed E-state index contributed by atoms with van der Waals surface area (Å²) in [6.07, 6.45) is 0. The van der Waals surface area contributed by atoms with Crippen LogP contribution in [0, 0.1) is 6.92 Å². The van der Waals surface area contributed by atoms with Crippen molar-refractivity contribution in [2.75, 3.05) is 18.1 Å². The fraction of sp³-hybridized carbons (Fsp3) is 0.389. The van der Waals surface area contributed by atoms with Gasteiger partial charge in [-0.3, -0.25) is 10.1 Å². The smallest absolute Gasteiger partial charge is 0.234 e. The molecule has 0 aliphatic carbocycles. The van der Waals surface area contributed by atoms with Crippen LogP contribution in [0.15, 0.2) is 41.8 Å². The van der Waals surface area contributed by atoms with Gasteiger partial charge in [-0.1, -0.05) is 35.9 Å². The Morgan fingerprint density at radius 1 is 1.27 bits per heavy atom. The van der Waals surface area contributed by atoms with Gasteiger partial charge in [-0.2, -0.15) is 0 Å². The lowest BCUT2D eigenvalue weighted by molar-refractivity contribution is -0.120. The van der Waals surface area contributed by atoms with Gasteiger partial charge < -0.3 is 5.32 Å². The molecule has 3 rings (SSSR count). The molecule has 0 unspecified atom stereocenters. The summed E-state index contributed by atoms with van der Waals surface area (Å²) >= 11 is 7.67. The van der Waals surface area contributed by atoms with Gasteiger partial charge in [0.25, 0.3) is 0 Å². The van der Waals surface area contributed by atoms with E-state index < -0.39 is 21.3 Å². The topological polar surface area (TPSA) is 75.3 Å². The first-order valence-electron chi connectivity index (χ1n) is 8.31. The van der Waals surface area contributed by atoms with Crippen molar-refractivity contribution < 1.29 is 13.2 Å². The number of alkyl halides is 1. The van der Waals surface area contributed by atoms with Gasteiger partial charge in [0, 0.05) is 4.88 Å². The van der Waals surface area contributed by atoms with Crippen molar-refractivity contribution in [1.82, 2.24) is 10.6 Å². The Balaban J connectivity index is 1.65. The van der Waals surface area contributed by atoms with Crippen molar-refractivity contribution >= 4 is 38.7 Å². The van der Waals surface area contributed by atoms with Gasteiger partial charge in [0.1, 0.15) is 0 Å². The summed E-state index contributed by atoms with van der Waals surface area (Å²) in [5, 5.41) is 7.43. The number of thiophene rings is 1. The zero-order valence-electron chi connectivity index (χ0n) is 14.3. The molecule has 1 amide bonds. The molecule has 0 spiro atoms. The Morgan fingerprint density at radius 2 is 2.00 bits per heavy atom. The molecule has 2 heterocycles. The van der Waals surface area contributed by atoms with E-state index in [4.69, 9.17) is 11.6 Å². The van der Waals surface area contributed by atoms with Crippen LogP contribution in [0.25, 0.3) is 0 Å². The van der Waals surface area contributed by atoms with Gasteiger partial charge in [0.2, 0.25) is 5.91 Å². The number of rotatable bonds is 6. The zero-order chi connectivity index (χ0) is 18.7. The van der Waals surface area contributed by atoms with Crippen molar-refractivity contribution in [2.45, 2.75) is 24.4 Å². The third-order valence-electron chi connectivity index (χ3n) is 4.33. The van der Waals surface area contributed by atoms with E-state index in [1.54, 1.807) is 11.3 Å². The van der Waals surface area contributed by atoms with E-state index in [0.29, 0.717) is 0 Å². The molecule has 1 aliphatic rings. The van der Waals surface area contributed by atoms with Crippen LogP contribution in [0.4, 0.5) is 0 Å². The summed E-state index contributed by atoms with van der Waals surface area (Å²) in [7, 11) is -3.17. The molecule has 0 bridgehead atoms. The molecule has 1 fully saturated rings. The summed E-state index contributed by atoms with van der Waals surface area (Å²) in [6, 6.07) is 11.5. The van der Waals surface area contributed by atoms with Gasteiger partial charge in [-0.15, -0.1) is 22.9 Å². The quantitative estimate of drug-likeness (QED) is 0.713. The molecule has 2 N–H and O–H groups in total. The lowest BCUT2D eigenvalue weighted by atomic mass is 10.0. The Bertz CT molecular complexity index is 851. The molecular formula is C18H21ClN2O3S2. The summed E-state index contributed by atoms with van der Waals surface area (Å²) < 4.78 is 23.2. The highest BCUT2D eigenvalue weighted by molar-refractivity contribution is 7.91. The third kappa shape index (κ3) is 4.85. The van der Waals surface area contributed by atoms with E-state index in [0.717, 1.165) is 10.4 Å². The summed E-state index contributed by atoms with van der Waals surface area (Å²) in [5.41, 5.74) is 2.25. The molecule has 1 aromatic carbocycles. The fourth-order valence-electron chi connectivity index (χ4n) is 2.99. The summed E-state index contributed by atoms with van der Waals surface area (Å²) in [5.74, 6) is -0.445. The number of hydrogen-bond donors (Lipinski definition) is 2. The average molecular weight is 413 g/mol. The van der Waals surface area contributed by atoms with E-state index in [9.17, 15) is 13.2 Å². The van der Waals surface area contributed by atoms with Crippen molar-refractivity contribution in [3.63, 3.8) is 0 Å². The third-order valence-corrected chi connectivity index (χ3v) is 7.65. The number of halogens is 1. The van der Waals surface area contributed by atoms with Crippen molar-refractivity contribution in [2.24, 2.45) is 0 Å². The number of amides is 1. The molecule has 5 nitrogen and oxygen atoms in total. The standard InChI is InChI=1S/C18H21ClN2O3S2/c1-12-4-6-13(7-5-12)18(16-3-2-8-25-16)20-9-17(22)21-15-11-26(23,24)10-14(15)19/h2-8,14-15,18,20H,9-11H2,1H3,(H,21,22)/t14-,15-,18+/m0/s1. The van der Waals surface area contributed by atoms with E-state index in [1.165, 1.54) is 5.56 Å². The van der Waals surface area contributed by atoms with Crippen LogP contribution in [0.3, 0.4) is 0 Å². The molecule has 26 heavy (non-hydrogen) atoms. The molecule has 1 saturated heterocycles. The predicted octanol–water partition coefficient (Wildman–Crippen LogP) is 2.26. The molecule has 140 valence electrons. The molecule has 0 saturated carbocycles. The van der Waals surface area contributed by atoms with E-state index >= 15 is 0 Å². The SMILES string of the molecule is Cc1ccc([C@@H](NCC(=O)N[C@H]2CS(=O)(=O)C[C@@H]2Cl)c2cccs2)cc1. The number of sulfone groups is 1. The Labute approximate surface area is 162 Å². The molecule has 8 heteroatoms. The molecule has 1 aromatic heterocycles. The maximum Gasteiger partial charge on any atom is 0.234 e. The number of carbonyl (C=O) groups excluding carboxylic acids is 1. The minimum absolute atomic E-state index is 0.0800. The molecule has 1 aliphatic heterocycles. The average Bonchev–Trinajstić information content (AvgIpc) is 3.17. The van der Waals surface area contributed by atoms with Crippen LogP contribution in [-0.2, 0) is 14.6 Å². The maximum atomic E-state index is 12.3. The van der Waals surface area contributed by atoms with Crippen molar-refractivity contribution in [3.05, 3.63) is 57.8 Å². The minimum atomic E-state index is -3.17. The summed E-state index contributed by atoms with van der Waals surface area (Å²) in [4.78, 5) is 13.4. The second kappa shape index (κ2) is 8.08. The van der Waals surface area contributed by atoms with Gasteiger partial charge in [-0.25, -0.2) is 8.42 Å². The first-order chi connectivity index (χ1) is 12.3. The zero-order valence-corrected chi connectivity index (χ0v) is 16.7. The van der Waals surface area contributed by atoms with Gasteiger partial charge in [0.15, 0.2) is 9.84 Å². The van der Waals surface area contributed by atoms with Gasteiger partial charge in [0.05, 0.1) is 35.5 Å². The lowest BCUT2D eigenvalue weighted by Crippen LogP contribution is -2.45. The summed E-state index contributed by atoms with van der Waals surface area (Å²) in [6.45, 7) is 2.11. The Kier molecular flexibility index (Phi) is 6.02. The molecule has 2 aromatic rings. The Hall–Kier alpha value is -1.41. The first-order valence-corrected chi connectivity index (χ1v) is 11.4. The normalized spacial score (nSPS) is 22.8. The van der Waals surface area contributed by atoms with E-state index in [2.05, 4.69) is 10.6 Å². The number of carbonyl (C=O) groups is 1. The lowest BCUT2D eigenvalue weighted by Gasteiger charge is -2.20. The van der Waals surface area contributed by atoms with Crippen molar-refractivity contribution in [3.8, 4) is 0 Å². The number of hydrogen-bond acceptors (Lipinski definition) is 5. The van der Waals surface area contributed by atoms with E-state index in [1.807, 2.05) is 48.7 Å². The molecular weight excluding hydrogens is 392 g/mol. The minimum Gasteiger partial charge on any atom is -0.350 e.